The van der Waals surface area contributed by atoms with Crippen molar-refractivity contribution in [3.63, 3.8) is 0 Å². The van der Waals surface area contributed by atoms with E-state index in [2.05, 4.69) is 46.7 Å². The van der Waals surface area contributed by atoms with Crippen LogP contribution in [0.25, 0.3) is 16.7 Å². The summed E-state index contributed by atoms with van der Waals surface area (Å²) in [7, 11) is 0. The Morgan fingerprint density at radius 3 is 2.51 bits per heavy atom. The minimum Gasteiger partial charge on any atom is -0.449 e. The van der Waals surface area contributed by atoms with Gasteiger partial charge >= 0.3 is 6.09 Å². The topological polar surface area (TPSA) is 80.7 Å². The van der Waals surface area contributed by atoms with E-state index < -0.39 is 6.09 Å². The van der Waals surface area contributed by atoms with Crippen molar-refractivity contribution in [2.75, 3.05) is 19.8 Å². The first-order valence-electron chi connectivity index (χ1n) is 13.5. The Morgan fingerprint density at radius 2 is 1.80 bits per heavy atom. The second-order valence-electron chi connectivity index (χ2n) is 9.91. The van der Waals surface area contributed by atoms with E-state index in [1.807, 2.05) is 36.4 Å². The van der Waals surface area contributed by atoms with Crippen molar-refractivity contribution in [1.29, 1.82) is 0 Å². The van der Waals surface area contributed by atoms with Gasteiger partial charge in [0.1, 0.15) is 11.6 Å². The Labute approximate surface area is 248 Å². The summed E-state index contributed by atoms with van der Waals surface area (Å²) in [6, 6.07) is 24.1. The van der Waals surface area contributed by atoms with Gasteiger partial charge in [-0.3, -0.25) is 0 Å². The molecule has 0 atom stereocenters. The van der Waals surface area contributed by atoms with Gasteiger partial charge in [0.2, 0.25) is 0 Å². The molecule has 0 unspecified atom stereocenters. The zero-order valence-corrected chi connectivity index (χ0v) is 23.9. The SMILES string of the molecule is O=C(NCc1cc(C2=CCOCC2)cc(Cl)c1Sc1ncccc1CO)OCC1c2ccccc2-c2ccccc21. The van der Waals surface area contributed by atoms with Crippen LogP contribution in [0.3, 0.4) is 0 Å². The average Bonchev–Trinajstić information content (AvgIpc) is 3.34. The Balaban J connectivity index is 1.21. The molecule has 2 aliphatic rings. The van der Waals surface area contributed by atoms with Crippen LogP contribution in [0.1, 0.15) is 40.2 Å². The highest BCUT2D eigenvalue weighted by Gasteiger charge is 2.29. The van der Waals surface area contributed by atoms with Crippen LogP contribution in [0.2, 0.25) is 5.02 Å². The molecule has 0 bridgehead atoms. The predicted molar refractivity (Wildman–Crippen MR) is 161 cm³/mol. The summed E-state index contributed by atoms with van der Waals surface area (Å²) >= 11 is 8.22. The van der Waals surface area contributed by atoms with Gasteiger partial charge in [-0.2, -0.15) is 0 Å². The van der Waals surface area contributed by atoms with Gasteiger partial charge in [-0.05, 0) is 63.6 Å². The van der Waals surface area contributed by atoms with Crippen LogP contribution < -0.4 is 5.32 Å². The predicted octanol–water partition coefficient (Wildman–Crippen LogP) is 7.22. The molecule has 0 fully saturated rings. The maximum Gasteiger partial charge on any atom is 0.407 e. The first kappa shape index (κ1) is 27.5. The molecule has 6 nitrogen and oxygen atoms in total. The standard InChI is InChI=1S/C33H29ClN2O4S/c34-30-17-23(21-11-14-39-15-12-21)16-24(31(30)41-32-22(19-37)6-5-13-35-32)18-36-33(38)40-20-29-27-9-3-1-7-25(27)26-8-2-4-10-28(26)29/h1-11,13,16-17,29,37H,12,14-15,18-20H2,(H,36,38). The summed E-state index contributed by atoms with van der Waals surface area (Å²) in [5, 5.41) is 14.0. The van der Waals surface area contributed by atoms with Crippen molar-refractivity contribution in [3.8, 4) is 11.1 Å². The quantitative estimate of drug-likeness (QED) is 0.228. The molecular formula is C33H29ClN2O4S. The molecule has 0 saturated carbocycles. The number of amides is 1. The van der Waals surface area contributed by atoms with Gasteiger partial charge in [0.05, 0.1) is 24.8 Å². The maximum absolute atomic E-state index is 13.0. The lowest BCUT2D eigenvalue weighted by Gasteiger charge is -2.19. The van der Waals surface area contributed by atoms with Crippen LogP contribution in [-0.4, -0.2) is 36.0 Å². The smallest absolute Gasteiger partial charge is 0.407 e. The third kappa shape index (κ3) is 5.90. The Kier molecular flexibility index (Phi) is 8.39. The molecule has 2 heterocycles. The van der Waals surface area contributed by atoms with E-state index in [0.717, 1.165) is 28.0 Å². The molecule has 0 saturated heterocycles. The number of benzene rings is 3. The Morgan fingerprint density at radius 1 is 1.05 bits per heavy atom. The molecule has 4 aromatic rings. The summed E-state index contributed by atoms with van der Waals surface area (Å²) in [4.78, 5) is 18.2. The van der Waals surface area contributed by atoms with E-state index in [1.54, 1.807) is 12.3 Å². The lowest BCUT2D eigenvalue weighted by molar-refractivity contribution is 0.142. The largest absolute Gasteiger partial charge is 0.449 e. The fourth-order valence-electron chi connectivity index (χ4n) is 5.42. The van der Waals surface area contributed by atoms with Gasteiger partial charge in [-0.25, -0.2) is 9.78 Å². The van der Waals surface area contributed by atoms with Gasteiger partial charge in [0, 0.05) is 29.1 Å². The van der Waals surface area contributed by atoms with Gasteiger partial charge in [-0.1, -0.05) is 84.0 Å². The summed E-state index contributed by atoms with van der Waals surface area (Å²) in [6.07, 6.45) is 4.04. The molecule has 41 heavy (non-hydrogen) atoms. The summed E-state index contributed by atoms with van der Waals surface area (Å²) in [5.41, 5.74) is 8.40. The summed E-state index contributed by atoms with van der Waals surface area (Å²) < 4.78 is 11.3. The van der Waals surface area contributed by atoms with Crippen LogP contribution in [0.4, 0.5) is 4.79 Å². The highest BCUT2D eigenvalue weighted by Crippen LogP contribution is 2.44. The first-order chi connectivity index (χ1) is 20.1. The van der Waals surface area contributed by atoms with Crippen molar-refractivity contribution in [2.24, 2.45) is 0 Å². The van der Waals surface area contributed by atoms with Gasteiger partial charge < -0.3 is 19.9 Å². The fraction of sp³-hybridized carbons (Fsp3) is 0.212. The third-order valence-corrected chi connectivity index (χ3v) is 9.10. The van der Waals surface area contributed by atoms with E-state index >= 15 is 0 Å². The number of fused-ring (bicyclic) bond motifs is 3. The molecule has 1 aromatic heterocycles. The van der Waals surface area contributed by atoms with Gasteiger partial charge in [0.25, 0.3) is 0 Å². The molecule has 1 aliphatic carbocycles. The molecule has 8 heteroatoms. The van der Waals surface area contributed by atoms with Crippen LogP contribution in [0.15, 0.2) is 95.0 Å². The lowest BCUT2D eigenvalue weighted by atomic mass is 9.98. The number of nitrogens with zero attached hydrogens (tertiary/aromatic N) is 1. The molecule has 0 spiro atoms. The number of carbonyl (C=O) groups is 1. The molecule has 3 aromatic carbocycles. The lowest BCUT2D eigenvalue weighted by Crippen LogP contribution is -2.26. The second kappa shape index (κ2) is 12.5. The van der Waals surface area contributed by atoms with Crippen LogP contribution in [0.5, 0.6) is 0 Å². The number of rotatable bonds is 8. The van der Waals surface area contributed by atoms with Crippen LogP contribution in [0, 0.1) is 0 Å². The van der Waals surface area contributed by atoms with Gasteiger partial charge in [-0.15, -0.1) is 0 Å². The zero-order chi connectivity index (χ0) is 28.2. The van der Waals surface area contributed by atoms with Crippen molar-refractivity contribution < 1.29 is 19.4 Å². The van der Waals surface area contributed by atoms with Crippen LogP contribution >= 0.6 is 23.4 Å². The number of alkyl carbamates (subject to hydrolysis) is 1. The average molecular weight is 585 g/mol. The van der Waals surface area contributed by atoms with Crippen molar-refractivity contribution in [1.82, 2.24) is 10.3 Å². The van der Waals surface area contributed by atoms with E-state index in [0.29, 0.717) is 28.8 Å². The number of halogens is 1. The highest BCUT2D eigenvalue weighted by molar-refractivity contribution is 7.99. The molecule has 6 rings (SSSR count). The molecule has 1 aliphatic heterocycles. The van der Waals surface area contributed by atoms with Crippen molar-refractivity contribution in [2.45, 2.75) is 35.4 Å². The highest BCUT2D eigenvalue weighted by atomic mass is 35.5. The molecule has 2 N–H and O–H groups in total. The number of hydrogen-bond acceptors (Lipinski definition) is 6. The van der Waals surface area contributed by atoms with Gasteiger partial charge in [0.15, 0.2) is 0 Å². The van der Waals surface area contributed by atoms with Crippen LogP contribution in [-0.2, 0) is 22.6 Å². The van der Waals surface area contributed by atoms with E-state index in [4.69, 9.17) is 21.1 Å². The normalized spacial score (nSPS) is 14.2. The number of hydrogen-bond donors (Lipinski definition) is 2. The van der Waals surface area contributed by atoms with E-state index in [1.165, 1.54) is 34.0 Å². The summed E-state index contributed by atoms with van der Waals surface area (Å²) in [5.74, 6) is -0.0152. The number of aliphatic hydroxyl groups excluding tert-OH is 1. The number of ether oxygens (including phenoxy) is 2. The Hall–Kier alpha value is -3.62. The minimum absolute atomic E-state index is 0.0152. The number of aliphatic hydroxyl groups is 1. The number of carbonyl (C=O) groups excluding carboxylic acids is 1. The molecular weight excluding hydrogens is 556 g/mol. The zero-order valence-electron chi connectivity index (χ0n) is 22.3. The maximum atomic E-state index is 13.0. The second-order valence-corrected chi connectivity index (χ2v) is 11.3. The minimum atomic E-state index is -0.497. The van der Waals surface area contributed by atoms with Crippen molar-refractivity contribution >= 4 is 35.0 Å². The number of pyridine rings is 1. The number of aromatic nitrogens is 1. The number of nitrogens with one attached hydrogen (secondary N) is 1. The van der Waals surface area contributed by atoms with E-state index in [9.17, 15) is 9.90 Å². The molecule has 0 radical (unpaired) electrons. The first-order valence-corrected chi connectivity index (χ1v) is 14.7. The summed E-state index contributed by atoms with van der Waals surface area (Å²) in [6.45, 7) is 1.54. The Bertz CT molecular complexity index is 1580. The van der Waals surface area contributed by atoms with Crippen molar-refractivity contribution in [3.05, 3.63) is 118 Å². The fourth-order valence-corrected chi connectivity index (χ4v) is 6.76. The monoisotopic (exact) mass is 584 g/mol. The molecule has 1 amide bonds. The molecule has 208 valence electrons. The van der Waals surface area contributed by atoms with E-state index in [-0.39, 0.29) is 25.7 Å². The third-order valence-electron chi connectivity index (χ3n) is 7.44.